The molecule has 2 rings (SSSR count). The topological polar surface area (TPSA) is 12.0 Å². The molecule has 0 radical (unpaired) electrons. The molecule has 1 unspecified atom stereocenters. The van der Waals surface area contributed by atoms with Crippen molar-refractivity contribution in [3.63, 3.8) is 0 Å². The Bertz CT molecular complexity index is 637. The van der Waals surface area contributed by atoms with Crippen LogP contribution in [0.3, 0.4) is 0 Å². The van der Waals surface area contributed by atoms with Crippen molar-refractivity contribution in [2.45, 2.75) is 12.5 Å². The summed E-state index contributed by atoms with van der Waals surface area (Å²) in [6, 6.07) is 4.75. The van der Waals surface area contributed by atoms with Crippen LogP contribution in [0.5, 0.6) is 0 Å². The Labute approximate surface area is 128 Å². The second-order valence-electron chi connectivity index (χ2n) is 4.56. The van der Waals surface area contributed by atoms with Gasteiger partial charge in [-0.15, -0.1) is 0 Å². The fourth-order valence-electron chi connectivity index (χ4n) is 2.15. The zero-order valence-corrected chi connectivity index (χ0v) is 12.6. The van der Waals surface area contributed by atoms with Crippen LogP contribution < -0.4 is 5.32 Å². The third-order valence-corrected chi connectivity index (χ3v) is 3.67. The fourth-order valence-corrected chi connectivity index (χ4v) is 2.56. The van der Waals surface area contributed by atoms with Gasteiger partial charge in [-0.05, 0) is 37.2 Å². The molecule has 0 fully saturated rings. The van der Waals surface area contributed by atoms with E-state index < -0.39 is 29.3 Å². The highest BCUT2D eigenvalue weighted by atomic mass is 79.9. The van der Waals surface area contributed by atoms with E-state index in [1.807, 2.05) is 0 Å². The summed E-state index contributed by atoms with van der Waals surface area (Å²) in [6.07, 6.45) is 0.0290. The number of rotatable bonds is 4. The molecular weight excluding hydrogens is 350 g/mol. The molecule has 1 nitrogen and oxygen atoms in total. The molecule has 112 valence electrons. The van der Waals surface area contributed by atoms with Gasteiger partial charge in [-0.1, -0.05) is 15.9 Å². The Kier molecular flexibility index (Phi) is 5.00. The lowest BCUT2D eigenvalue weighted by atomic mass is 9.97. The zero-order chi connectivity index (χ0) is 15.6. The van der Waals surface area contributed by atoms with Gasteiger partial charge in [-0.25, -0.2) is 17.6 Å². The average Bonchev–Trinajstić information content (AvgIpc) is 2.40. The lowest BCUT2D eigenvalue weighted by Gasteiger charge is -2.19. The molecule has 6 heteroatoms. The van der Waals surface area contributed by atoms with Gasteiger partial charge in [0.1, 0.15) is 23.3 Å². The summed E-state index contributed by atoms with van der Waals surface area (Å²) in [6.45, 7) is 0. The van der Waals surface area contributed by atoms with Crippen LogP contribution in [0.15, 0.2) is 34.8 Å². The van der Waals surface area contributed by atoms with E-state index in [0.29, 0.717) is 22.2 Å². The van der Waals surface area contributed by atoms with Gasteiger partial charge in [0, 0.05) is 28.2 Å². The maximum Gasteiger partial charge on any atom is 0.133 e. The van der Waals surface area contributed by atoms with Crippen LogP contribution in [0.4, 0.5) is 17.6 Å². The van der Waals surface area contributed by atoms with Crippen LogP contribution >= 0.6 is 15.9 Å². The normalized spacial score (nSPS) is 12.5. The quantitative estimate of drug-likeness (QED) is 0.790. The summed E-state index contributed by atoms with van der Waals surface area (Å²) in [5.41, 5.74) is -0.00914. The summed E-state index contributed by atoms with van der Waals surface area (Å²) >= 11 is 3.22. The van der Waals surface area contributed by atoms with E-state index in [9.17, 15) is 17.6 Å². The van der Waals surface area contributed by atoms with Crippen molar-refractivity contribution in [1.82, 2.24) is 5.32 Å². The maximum absolute atomic E-state index is 13.8. The zero-order valence-electron chi connectivity index (χ0n) is 11.1. The van der Waals surface area contributed by atoms with Crippen molar-refractivity contribution in [1.29, 1.82) is 0 Å². The molecule has 2 aromatic carbocycles. The predicted octanol–water partition coefficient (Wildman–Crippen LogP) is 4.51. The Hall–Kier alpha value is -1.40. The SMILES string of the molecule is CNC(Cc1cc(Br)ccc1F)c1c(F)cc(F)cc1F. The first-order valence-electron chi connectivity index (χ1n) is 6.18. The van der Waals surface area contributed by atoms with Crippen LogP contribution in [0.2, 0.25) is 0 Å². The third kappa shape index (κ3) is 3.63. The Morgan fingerprint density at radius 1 is 1.00 bits per heavy atom. The van der Waals surface area contributed by atoms with Crippen molar-refractivity contribution in [2.24, 2.45) is 0 Å². The molecule has 1 atom stereocenters. The second kappa shape index (κ2) is 6.58. The van der Waals surface area contributed by atoms with Gasteiger partial charge in [0.2, 0.25) is 0 Å². The minimum atomic E-state index is -0.998. The summed E-state index contributed by atoms with van der Waals surface area (Å²) in [5, 5.41) is 2.73. The van der Waals surface area contributed by atoms with Crippen LogP contribution in [0, 0.1) is 23.3 Å². The molecule has 0 heterocycles. The van der Waals surface area contributed by atoms with Crippen molar-refractivity contribution in [2.75, 3.05) is 7.05 Å². The van der Waals surface area contributed by atoms with Gasteiger partial charge < -0.3 is 5.32 Å². The lowest BCUT2D eigenvalue weighted by molar-refractivity contribution is 0.469. The number of hydrogen-bond donors (Lipinski definition) is 1. The highest BCUT2D eigenvalue weighted by molar-refractivity contribution is 9.10. The molecule has 0 aliphatic carbocycles. The fraction of sp³-hybridized carbons (Fsp3) is 0.200. The molecular formula is C15H12BrF4N. The molecule has 0 aromatic heterocycles. The van der Waals surface area contributed by atoms with E-state index in [1.165, 1.54) is 19.2 Å². The summed E-state index contributed by atoms with van der Waals surface area (Å²) < 4.78 is 55.0. The summed E-state index contributed by atoms with van der Waals surface area (Å²) in [7, 11) is 1.50. The maximum atomic E-state index is 13.8. The molecule has 0 saturated heterocycles. The van der Waals surface area contributed by atoms with Crippen molar-refractivity contribution in [3.05, 3.63) is 69.2 Å². The minimum Gasteiger partial charge on any atom is -0.313 e. The van der Waals surface area contributed by atoms with Gasteiger partial charge in [0.25, 0.3) is 0 Å². The van der Waals surface area contributed by atoms with E-state index in [2.05, 4.69) is 21.2 Å². The van der Waals surface area contributed by atoms with E-state index in [1.54, 1.807) is 6.07 Å². The Balaban J connectivity index is 2.39. The first-order chi connectivity index (χ1) is 9.92. The number of likely N-dealkylation sites (N-methyl/N-ethyl adjacent to an activating group) is 1. The molecule has 0 aliphatic heterocycles. The highest BCUT2D eigenvalue weighted by Gasteiger charge is 2.21. The first kappa shape index (κ1) is 16.0. The Morgan fingerprint density at radius 2 is 1.62 bits per heavy atom. The number of benzene rings is 2. The van der Waals surface area contributed by atoms with E-state index in [-0.39, 0.29) is 12.0 Å². The predicted molar refractivity (Wildman–Crippen MR) is 75.9 cm³/mol. The molecule has 0 amide bonds. The van der Waals surface area contributed by atoms with Gasteiger partial charge in [0.15, 0.2) is 0 Å². The minimum absolute atomic E-state index is 0.0290. The molecule has 1 N–H and O–H groups in total. The number of hydrogen-bond acceptors (Lipinski definition) is 1. The van der Waals surface area contributed by atoms with Crippen LogP contribution in [0.25, 0.3) is 0 Å². The van der Waals surface area contributed by atoms with Crippen LogP contribution in [-0.4, -0.2) is 7.05 Å². The third-order valence-electron chi connectivity index (χ3n) is 3.17. The van der Waals surface area contributed by atoms with Gasteiger partial charge >= 0.3 is 0 Å². The molecule has 0 aliphatic rings. The van der Waals surface area contributed by atoms with E-state index >= 15 is 0 Å². The summed E-state index contributed by atoms with van der Waals surface area (Å²) in [5.74, 6) is -3.46. The number of halogens is 5. The largest absolute Gasteiger partial charge is 0.313 e. The summed E-state index contributed by atoms with van der Waals surface area (Å²) in [4.78, 5) is 0. The average molecular weight is 362 g/mol. The smallest absolute Gasteiger partial charge is 0.133 e. The van der Waals surface area contributed by atoms with Gasteiger partial charge in [0.05, 0.1) is 0 Å². The van der Waals surface area contributed by atoms with Gasteiger partial charge in [-0.2, -0.15) is 0 Å². The van der Waals surface area contributed by atoms with Crippen LogP contribution in [-0.2, 0) is 6.42 Å². The molecule has 21 heavy (non-hydrogen) atoms. The highest BCUT2D eigenvalue weighted by Crippen LogP contribution is 2.27. The lowest BCUT2D eigenvalue weighted by Crippen LogP contribution is -2.22. The van der Waals surface area contributed by atoms with Crippen molar-refractivity contribution in [3.8, 4) is 0 Å². The molecule has 0 bridgehead atoms. The van der Waals surface area contributed by atoms with E-state index in [0.717, 1.165) is 0 Å². The monoisotopic (exact) mass is 361 g/mol. The standard InChI is InChI=1S/C15H12BrF4N/c1-21-14(5-8-4-9(16)2-3-11(8)18)15-12(19)6-10(17)7-13(15)20/h2-4,6-7,14,21H,5H2,1H3. The van der Waals surface area contributed by atoms with Crippen molar-refractivity contribution >= 4 is 15.9 Å². The molecule has 2 aromatic rings. The Morgan fingerprint density at radius 3 is 2.19 bits per heavy atom. The van der Waals surface area contributed by atoms with E-state index in [4.69, 9.17) is 0 Å². The molecule has 0 spiro atoms. The van der Waals surface area contributed by atoms with Crippen molar-refractivity contribution < 1.29 is 17.6 Å². The first-order valence-corrected chi connectivity index (χ1v) is 6.97. The molecule has 0 saturated carbocycles. The van der Waals surface area contributed by atoms with Gasteiger partial charge in [-0.3, -0.25) is 0 Å². The second-order valence-corrected chi connectivity index (χ2v) is 5.48. The number of nitrogens with one attached hydrogen (secondary N) is 1. The van der Waals surface area contributed by atoms with Crippen LogP contribution in [0.1, 0.15) is 17.2 Å².